The van der Waals surface area contributed by atoms with Gasteiger partial charge < -0.3 is 10.4 Å². The van der Waals surface area contributed by atoms with Crippen LogP contribution in [0, 0.1) is 12.3 Å². The maximum Gasteiger partial charge on any atom is 0.300 e. The minimum absolute atomic E-state index is 0.115. The number of halogens is 1. The number of amides is 1. The Bertz CT molecular complexity index is 382. The molecule has 0 bridgehead atoms. The molecule has 0 aliphatic carbocycles. The first-order valence-corrected chi connectivity index (χ1v) is 3.77. The number of rotatable bonds is 1. The number of phenols is 1. The fraction of sp³-hybridized carbons (Fsp3) is 0. The van der Waals surface area contributed by atoms with E-state index in [-0.39, 0.29) is 11.4 Å². The lowest BCUT2D eigenvalue weighted by molar-refractivity contribution is -0.111. The van der Waals surface area contributed by atoms with Gasteiger partial charge in [-0.3, -0.25) is 4.79 Å². The van der Waals surface area contributed by atoms with Gasteiger partial charge in [0.2, 0.25) is 0 Å². The molecule has 1 rings (SSSR count). The molecule has 66 valence electrons. The van der Waals surface area contributed by atoms with Gasteiger partial charge >= 0.3 is 0 Å². The highest BCUT2D eigenvalue weighted by Gasteiger charge is 2.03. The highest BCUT2D eigenvalue weighted by molar-refractivity contribution is 6.30. The predicted molar refractivity (Wildman–Crippen MR) is 50.6 cm³/mol. The summed E-state index contributed by atoms with van der Waals surface area (Å²) in [7, 11) is 0. The number of carbonyl (C=O) groups is 1. The van der Waals surface area contributed by atoms with Gasteiger partial charge in [0.15, 0.2) is 0 Å². The van der Waals surface area contributed by atoms with Crippen LogP contribution in [-0.2, 0) is 4.79 Å². The van der Waals surface area contributed by atoms with Gasteiger partial charge in [0.05, 0.1) is 5.69 Å². The summed E-state index contributed by atoms with van der Waals surface area (Å²) in [6.07, 6.45) is 4.83. The zero-order valence-electron chi connectivity index (χ0n) is 6.54. The van der Waals surface area contributed by atoms with Crippen molar-refractivity contribution >= 4 is 23.2 Å². The summed E-state index contributed by atoms with van der Waals surface area (Å²) in [5.41, 5.74) is 0.243. The smallest absolute Gasteiger partial charge is 0.300 e. The van der Waals surface area contributed by atoms with Crippen LogP contribution in [0.15, 0.2) is 18.2 Å². The Morgan fingerprint density at radius 1 is 1.62 bits per heavy atom. The number of benzene rings is 1. The number of terminal acetylenes is 1. The van der Waals surface area contributed by atoms with Crippen molar-refractivity contribution in [1.82, 2.24) is 0 Å². The second kappa shape index (κ2) is 3.83. The van der Waals surface area contributed by atoms with Crippen LogP contribution in [0.2, 0.25) is 5.02 Å². The zero-order valence-corrected chi connectivity index (χ0v) is 7.30. The Balaban J connectivity index is 2.91. The van der Waals surface area contributed by atoms with Gasteiger partial charge in [0, 0.05) is 11.1 Å². The third-order valence-electron chi connectivity index (χ3n) is 1.34. The maximum absolute atomic E-state index is 10.7. The predicted octanol–water partition coefficient (Wildman–Crippen LogP) is 1.62. The Labute approximate surface area is 80.3 Å². The number of hydrogen-bond acceptors (Lipinski definition) is 2. The fourth-order valence-electron chi connectivity index (χ4n) is 0.769. The molecule has 0 fully saturated rings. The lowest BCUT2D eigenvalue weighted by Crippen LogP contribution is -2.07. The van der Waals surface area contributed by atoms with Crippen LogP contribution in [0.5, 0.6) is 5.75 Å². The molecule has 0 aliphatic rings. The van der Waals surface area contributed by atoms with E-state index in [9.17, 15) is 9.90 Å². The quantitative estimate of drug-likeness (QED) is 0.529. The minimum atomic E-state index is -0.613. The Morgan fingerprint density at radius 2 is 2.31 bits per heavy atom. The first kappa shape index (κ1) is 9.43. The summed E-state index contributed by atoms with van der Waals surface area (Å²) < 4.78 is 0. The molecule has 0 spiro atoms. The Morgan fingerprint density at radius 3 is 2.85 bits per heavy atom. The molecular formula is C9H6ClNO2. The molecule has 0 aliphatic heterocycles. The molecule has 1 aromatic rings. The van der Waals surface area contributed by atoms with E-state index < -0.39 is 5.91 Å². The molecule has 0 radical (unpaired) electrons. The summed E-state index contributed by atoms with van der Waals surface area (Å²) in [5.74, 6) is 1.13. The van der Waals surface area contributed by atoms with Crippen molar-refractivity contribution in [1.29, 1.82) is 0 Å². The molecule has 3 nitrogen and oxygen atoms in total. The first-order valence-electron chi connectivity index (χ1n) is 3.39. The minimum Gasteiger partial charge on any atom is -0.506 e. The normalized spacial score (nSPS) is 8.92. The van der Waals surface area contributed by atoms with Crippen LogP contribution in [-0.4, -0.2) is 11.0 Å². The van der Waals surface area contributed by atoms with Crippen molar-refractivity contribution < 1.29 is 9.90 Å². The lowest BCUT2D eigenvalue weighted by Gasteiger charge is -2.03. The van der Waals surface area contributed by atoms with E-state index >= 15 is 0 Å². The molecular weight excluding hydrogens is 190 g/mol. The second-order valence-electron chi connectivity index (χ2n) is 2.26. The molecule has 0 heterocycles. The number of anilines is 1. The van der Waals surface area contributed by atoms with Crippen LogP contribution in [0.25, 0.3) is 0 Å². The largest absolute Gasteiger partial charge is 0.506 e. The van der Waals surface area contributed by atoms with Crippen molar-refractivity contribution in [2.75, 3.05) is 5.32 Å². The van der Waals surface area contributed by atoms with Crippen LogP contribution < -0.4 is 5.32 Å². The fourth-order valence-corrected chi connectivity index (χ4v) is 0.935. The van der Waals surface area contributed by atoms with E-state index in [4.69, 9.17) is 18.0 Å². The average molecular weight is 196 g/mol. The van der Waals surface area contributed by atoms with Gasteiger partial charge in [-0.1, -0.05) is 11.6 Å². The molecule has 0 saturated heterocycles. The maximum atomic E-state index is 10.7. The van der Waals surface area contributed by atoms with Crippen molar-refractivity contribution in [2.45, 2.75) is 0 Å². The van der Waals surface area contributed by atoms with Crippen molar-refractivity contribution in [3.05, 3.63) is 23.2 Å². The number of phenolic OH excluding ortho intramolecular Hbond substituents is 1. The van der Waals surface area contributed by atoms with Crippen molar-refractivity contribution in [3.8, 4) is 18.1 Å². The van der Waals surface area contributed by atoms with Gasteiger partial charge in [-0.25, -0.2) is 0 Å². The number of nitrogens with one attached hydrogen (secondary N) is 1. The SMILES string of the molecule is C#CC(=O)Nc1ccc(Cl)cc1O. The van der Waals surface area contributed by atoms with Gasteiger partial charge in [-0.15, -0.1) is 6.42 Å². The zero-order chi connectivity index (χ0) is 9.84. The standard InChI is InChI=1S/C9H6ClNO2/c1-2-9(13)11-7-4-3-6(10)5-8(7)12/h1,3-5,12H,(H,11,13). The van der Waals surface area contributed by atoms with E-state index in [2.05, 4.69) is 5.32 Å². The van der Waals surface area contributed by atoms with Gasteiger partial charge in [-0.2, -0.15) is 0 Å². The summed E-state index contributed by atoms with van der Waals surface area (Å²) in [5, 5.41) is 12.0. The molecule has 13 heavy (non-hydrogen) atoms. The van der Waals surface area contributed by atoms with E-state index in [1.54, 1.807) is 0 Å². The number of hydrogen-bond donors (Lipinski definition) is 2. The lowest BCUT2D eigenvalue weighted by atomic mass is 10.3. The van der Waals surface area contributed by atoms with Crippen molar-refractivity contribution in [2.24, 2.45) is 0 Å². The highest BCUT2D eigenvalue weighted by atomic mass is 35.5. The van der Waals surface area contributed by atoms with E-state index in [1.165, 1.54) is 18.2 Å². The highest BCUT2D eigenvalue weighted by Crippen LogP contribution is 2.26. The molecule has 1 aromatic carbocycles. The summed E-state index contributed by atoms with van der Waals surface area (Å²) in [4.78, 5) is 10.7. The third-order valence-corrected chi connectivity index (χ3v) is 1.57. The van der Waals surface area contributed by atoms with Crippen LogP contribution in [0.4, 0.5) is 5.69 Å². The summed E-state index contributed by atoms with van der Waals surface area (Å²) >= 11 is 5.57. The monoisotopic (exact) mass is 195 g/mol. The number of carbonyl (C=O) groups excluding carboxylic acids is 1. The van der Waals surface area contributed by atoms with E-state index in [0.29, 0.717) is 5.02 Å². The third kappa shape index (κ3) is 2.39. The molecule has 0 atom stereocenters. The second-order valence-corrected chi connectivity index (χ2v) is 2.70. The molecule has 2 N–H and O–H groups in total. The van der Waals surface area contributed by atoms with Gasteiger partial charge in [0.1, 0.15) is 5.75 Å². The molecule has 1 amide bonds. The van der Waals surface area contributed by atoms with Gasteiger partial charge in [0.25, 0.3) is 5.91 Å². The van der Waals surface area contributed by atoms with E-state index in [1.807, 2.05) is 5.92 Å². The summed E-state index contributed by atoms with van der Waals surface area (Å²) in [6, 6.07) is 4.31. The first-order chi connectivity index (χ1) is 6.13. The average Bonchev–Trinajstić information content (AvgIpc) is 2.09. The Hall–Kier alpha value is -1.66. The molecule has 0 aromatic heterocycles. The molecule has 0 saturated carbocycles. The topological polar surface area (TPSA) is 49.3 Å². The van der Waals surface area contributed by atoms with Crippen LogP contribution in [0.1, 0.15) is 0 Å². The van der Waals surface area contributed by atoms with Crippen LogP contribution >= 0.6 is 11.6 Å². The van der Waals surface area contributed by atoms with Gasteiger partial charge in [-0.05, 0) is 18.1 Å². The molecule has 0 unspecified atom stereocenters. The van der Waals surface area contributed by atoms with Crippen LogP contribution in [0.3, 0.4) is 0 Å². The number of aromatic hydroxyl groups is 1. The molecule has 4 heteroatoms. The van der Waals surface area contributed by atoms with Crippen molar-refractivity contribution in [3.63, 3.8) is 0 Å². The summed E-state index contributed by atoms with van der Waals surface area (Å²) in [6.45, 7) is 0. The Kier molecular flexibility index (Phi) is 2.78. The van der Waals surface area contributed by atoms with E-state index in [0.717, 1.165) is 0 Å².